The van der Waals surface area contributed by atoms with Crippen molar-refractivity contribution in [3.8, 4) is 0 Å². The van der Waals surface area contributed by atoms with Crippen LogP contribution in [0.2, 0.25) is 0 Å². The summed E-state index contributed by atoms with van der Waals surface area (Å²) >= 11 is 5.11. The first-order valence-corrected chi connectivity index (χ1v) is 10.5. The summed E-state index contributed by atoms with van der Waals surface area (Å²) in [5.41, 5.74) is 0. The van der Waals surface area contributed by atoms with Crippen LogP contribution >= 0.6 is 27.3 Å². The molecule has 1 aromatic rings. The van der Waals surface area contributed by atoms with Crippen LogP contribution in [0.4, 0.5) is 0 Å². The summed E-state index contributed by atoms with van der Waals surface area (Å²) in [5, 5.41) is 8.47. The SMILES string of the molecule is CN=C(NCCN1C(=O)C2C3C=CC(C3)C2C1=O)NCc1cc(Br)cs1. The van der Waals surface area contributed by atoms with Crippen LogP contribution in [0.25, 0.3) is 0 Å². The van der Waals surface area contributed by atoms with E-state index in [-0.39, 0.29) is 35.5 Å². The molecule has 26 heavy (non-hydrogen) atoms. The summed E-state index contributed by atoms with van der Waals surface area (Å²) in [7, 11) is 1.71. The van der Waals surface area contributed by atoms with Crippen molar-refractivity contribution in [3.63, 3.8) is 0 Å². The molecule has 4 atom stereocenters. The van der Waals surface area contributed by atoms with E-state index in [2.05, 4.69) is 49.8 Å². The van der Waals surface area contributed by atoms with E-state index >= 15 is 0 Å². The average Bonchev–Trinajstić information content (AvgIpc) is 3.38. The van der Waals surface area contributed by atoms with Crippen LogP contribution in [0, 0.1) is 23.7 Å². The Labute approximate surface area is 164 Å². The molecule has 1 aliphatic heterocycles. The smallest absolute Gasteiger partial charge is 0.233 e. The minimum atomic E-state index is -0.118. The Morgan fingerprint density at radius 1 is 1.27 bits per heavy atom. The number of nitrogens with zero attached hydrogens (tertiary/aromatic N) is 2. The molecule has 6 nitrogen and oxygen atoms in total. The second-order valence-corrected chi connectivity index (χ2v) is 8.82. The van der Waals surface area contributed by atoms with Crippen LogP contribution in [0.1, 0.15) is 11.3 Å². The van der Waals surface area contributed by atoms with Crippen molar-refractivity contribution in [2.24, 2.45) is 28.7 Å². The van der Waals surface area contributed by atoms with Gasteiger partial charge in [-0.05, 0) is 40.3 Å². The Bertz CT molecular complexity index is 760. The number of aliphatic imine (C=N–C) groups is 1. The number of hydrogen-bond donors (Lipinski definition) is 2. The molecule has 2 amide bonds. The highest BCUT2D eigenvalue weighted by Gasteiger charge is 2.58. The lowest BCUT2D eigenvalue weighted by Crippen LogP contribution is -2.43. The van der Waals surface area contributed by atoms with Crippen LogP contribution in [-0.4, -0.2) is 42.8 Å². The minimum absolute atomic E-state index is 0.00466. The fraction of sp³-hybridized carbons (Fsp3) is 0.500. The summed E-state index contributed by atoms with van der Waals surface area (Å²) in [4.78, 5) is 32.1. The zero-order valence-electron chi connectivity index (χ0n) is 14.4. The molecule has 4 unspecified atom stereocenters. The Morgan fingerprint density at radius 3 is 2.54 bits per heavy atom. The molecule has 4 rings (SSSR count). The largest absolute Gasteiger partial charge is 0.355 e. The van der Waals surface area contributed by atoms with Gasteiger partial charge in [0, 0.05) is 34.9 Å². The quantitative estimate of drug-likeness (QED) is 0.320. The molecule has 8 heteroatoms. The molecule has 2 fully saturated rings. The van der Waals surface area contributed by atoms with Gasteiger partial charge < -0.3 is 10.6 Å². The summed E-state index contributed by atoms with van der Waals surface area (Å²) in [6, 6.07) is 2.06. The number of rotatable bonds is 5. The number of amides is 2. The van der Waals surface area contributed by atoms with Crippen molar-refractivity contribution in [1.82, 2.24) is 15.5 Å². The van der Waals surface area contributed by atoms with E-state index in [0.29, 0.717) is 25.6 Å². The van der Waals surface area contributed by atoms with Crippen molar-refractivity contribution in [2.45, 2.75) is 13.0 Å². The number of likely N-dealkylation sites (tertiary alicyclic amines) is 1. The highest BCUT2D eigenvalue weighted by Crippen LogP contribution is 2.52. The Kier molecular flexibility index (Phi) is 4.88. The molecule has 3 aliphatic rings. The Hall–Kier alpha value is -1.67. The molecule has 2 N–H and O–H groups in total. The van der Waals surface area contributed by atoms with Crippen LogP contribution in [-0.2, 0) is 16.1 Å². The van der Waals surface area contributed by atoms with Gasteiger partial charge in [-0.15, -0.1) is 11.3 Å². The van der Waals surface area contributed by atoms with Crippen LogP contribution in [0.5, 0.6) is 0 Å². The zero-order valence-corrected chi connectivity index (χ0v) is 16.8. The lowest BCUT2D eigenvalue weighted by molar-refractivity contribution is -0.140. The molecule has 138 valence electrons. The lowest BCUT2D eigenvalue weighted by Gasteiger charge is -2.18. The van der Waals surface area contributed by atoms with Crippen LogP contribution in [0.3, 0.4) is 0 Å². The first-order valence-electron chi connectivity index (χ1n) is 8.79. The van der Waals surface area contributed by atoms with Gasteiger partial charge in [0.15, 0.2) is 5.96 Å². The van der Waals surface area contributed by atoms with Gasteiger partial charge in [0.05, 0.1) is 18.4 Å². The van der Waals surface area contributed by atoms with E-state index in [1.165, 1.54) is 9.78 Å². The van der Waals surface area contributed by atoms with Crippen molar-refractivity contribution in [2.75, 3.05) is 20.1 Å². The van der Waals surface area contributed by atoms with Crippen LogP contribution in [0.15, 0.2) is 33.1 Å². The number of thiophene rings is 1. The monoisotopic (exact) mass is 436 g/mol. The maximum Gasteiger partial charge on any atom is 0.233 e. The van der Waals surface area contributed by atoms with Gasteiger partial charge in [-0.2, -0.15) is 0 Å². The lowest BCUT2D eigenvalue weighted by atomic mass is 9.85. The maximum absolute atomic E-state index is 12.6. The number of allylic oxidation sites excluding steroid dienone is 2. The van der Waals surface area contributed by atoms with Gasteiger partial charge in [-0.25, -0.2) is 0 Å². The number of imide groups is 1. The van der Waals surface area contributed by atoms with Gasteiger partial charge >= 0.3 is 0 Å². The predicted octanol–water partition coefficient (Wildman–Crippen LogP) is 1.98. The van der Waals surface area contributed by atoms with Gasteiger partial charge in [0.25, 0.3) is 0 Å². The van der Waals surface area contributed by atoms with Crippen LogP contribution < -0.4 is 10.6 Å². The van der Waals surface area contributed by atoms with E-state index in [1.54, 1.807) is 18.4 Å². The second-order valence-electron chi connectivity index (χ2n) is 6.91. The van der Waals surface area contributed by atoms with E-state index in [0.717, 1.165) is 10.9 Å². The maximum atomic E-state index is 12.6. The first-order chi connectivity index (χ1) is 12.6. The van der Waals surface area contributed by atoms with Crippen molar-refractivity contribution in [3.05, 3.63) is 32.9 Å². The molecular formula is C18H21BrN4O2S. The Balaban J connectivity index is 1.28. The highest BCUT2D eigenvalue weighted by atomic mass is 79.9. The topological polar surface area (TPSA) is 73.8 Å². The molecule has 0 aromatic carbocycles. The summed E-state index contributed by atoms with van der Waals surface area (Å²) in [6.45, 7) is 1.56. The number of fused-ring (bicyclic) bond motifs is 5. The molecule has 2 bridgehead atoms. The standard InChI is InChI=1S/C18H21BrN4O2S/c1-20-18(22-8-13-7-12(19)9-26-13)21-4-5-23-16(24)14-10-2-3-11(6-10)15(14)17(23)25/h2-3,7,9-11,14-15H,4-6,8H2,1H3,(H2,20,21,22). The van der Waals surface area contributed by atoms with E-state index in [9.17, 15) is 9.59 Å². The fourth-order valence-corrected chi connectivity index (χ4v) is 5.70. The summed E-state index contributed by atoms with van der Waals surface area (Å²) < 4.78 is 1.07. The van der Waals surface area contributed by atoms with E-state index < -0.39 is 0 Å². The second kappa shape index (κ2) is 7.15. The molecule has 1 saturated carbocycles. The average molecular weight is 437 g/mol. The van der Waals surface area contributed by atoms with Crippen molar-refractivity contribution in [1.29, 1.82) is 0 Å². The van der Waals surface area contributed by atoms with E-state index in [1.807, 2.05) is 5.38 Å². The summed E-state index contributed by atoms with van der Waals surface area (Å²) in [6.07, 6.45) is 5.20. The molecule has 0 radical (unpaired) electrons. The molecule has 1 aromatic heterocycles. The van der Waals surface area contributed by atoms with Crippen molar-refractivity contribution >= 4 is 45.0 Å². The number of nitrogens with one attached hydrogen (secondary N) is 2. The highest BCUT2D eigenvalue weighted by molar-refractivity contribution is 9.10. The zero-order chi connectivity index (χ0) is 18.3. The number of halogens is 1. The number of hydrogen-bond acceptors (Lipinski definition) is 4. The van der Waals surface area contributed by atoms with E-state index in [4.69, 9.17) is 0 Å². The molecule has 2 heterocycles. The third-order valence-corrected chi connectivity index (χ3v) is 7.16. The predicted molar refractivity (Wildman–Crippen MR) is 105 cm³/mol. The number of carbonyl (C=O) groups excluding carboxylic acids is 2. The van der Waals surface area contributed by atoms with Crippen molar-refractivity contribution < 1.29 is 9.59 Å². The molecule has 0 spiro atoms. The van der Waals surface area contributed by atoms with Gasteiger partial charge in [0.1, 0.15) is 0 Å². The number of guanidine groups is 1. The van der Waals surface area contributed by atoms with Gasteiger partial charge in [-0.3, -0.25) is 19.5 Å². The summed E-state index contributed by atoms with van der Waals surface area (Å²) in [5.74, 6) is 0.961. The van der Waals surface area contributed by atoms with Gasteiger partial charge in [0.2, 0.25) is 11.8 Å². The number of carbonyl (C=O) groups is 2. The van der Waals surface area contributed by atoms with Gasteiger partial charge in [-0.1, -0.05) is 12.2 Å². The molecule has 2 aliphatic carbocycles. The normalized spacial score (nSPS) is 29.6. The molecular weight excluding hydrogens is 416 g/mol. The Morgan fingerprint density at radius 2 is 1.96 bits per heavy atom. The molecule has 1 saturated heterocycles. The third kappa shape index (κ3) is 3.09. The fourth-order valence-electron chi connectivity index (χ4n) is 4.31. The first kappa shape index (κ1) is 17.7. The minimum Gasteiger partial charge on any atom is -0.355 e. The third-order valence-electron chi connectivity index (χ3n) is 5.46.